The van der Waals surface area contributed by atoms with E-state index in [1.54, 1.807) is 37.3 Å². The van der Waals surface area contributed by atoms with Crippen molar-refractivity contribution in [3.8, 4) is 17.6 Å². The molecular formula is C27H24ClN5O3S2. The van der Waals surface area contributed by atoms with Crippen LogP contribution in [-0.2, 0) is 10.5 Å². The van der Waals surface area contributed by atoms with E-state index in [4.69, 9.17) is 26.8 Å². The summed E-state index contributed by atoms with van der Waals surface area (Å²) in [6.45, 7) is 0. The second-order valence-corrected chi connectivity index (χ2v) is 11.2. The van der Waals surface area contributed by atoms with Gasteiger partial charge in [-0.1, -0.05) is 52.9 Å². The third kappa shape index (κ3) is 4.73. The number of nitriles is 1. The summed E-state index contributed by atoms with van der Waals surface area (Å²) in [5.74, 6) is 1.30. The molecule has 38 heavy (non-hydrogen) atoms. The molecule has 1 aliphatic carbocycles. The van der Waals surface area contributed by atoms with Crippen LogP contribution in [0.3, 0.4) is 0 Å². The molecule has 0 fully saturated rings. The van der Waals surface area contributed by atoms with E-state index < -0.39 is 5.92 Å². The van der Waals surface area contributed by atoms with Crippen molar-refractivity contribution in [3.05, 3.63) is 81.3 Å². The lowest BCUT2D eigenvalue weighted by molar-refractivity contribution is -0.116. The average molecular weight is 566 g/mol. The van der Waals surface area contributed by atoms with Gasteiger partial charge >= 0.3 is 0 Å². The Kier molecular flexibility index (Phi) is 7.61. The van der Waals surface area contributed by atoms with Crippen LogP contribution in [0.2, 0.25) is 5.02 Å². The molecule has 1 aliphatic heterocycles. The Hall–Kier alpha value is -3.52. The maximum atomic E-state index is 13.4. The Morgan fingerprint density at radius 1 is 1.21 bits per heavy atom. The highest BCUT2D eigenvalue weighted by Gasteiger charge is 2.42. The van der Waals surface area contributed by atoms with Crippen molar-refractivity contribution >= 4 is 45.6 Å². The van der Waals surface area contributed by atoms with Crippen LogP contribution in [0.25, 0.3) is 0 Å². The third-order valence-electron chi connectivity index (χ3n) is 6.56. The van der Waals surface area contributed by atoms with Gasteiger partial charge in [0.15, 0.2) is 10.1 Å². The fourth-order valence-electron chi connectivity index (χ4n) is 4.79. The van der Waals surface area contributed by atoms with Gasteiger partial charge in [-0.3, -0.25) is 9.69 Å². The van der Waals surface area contributed by atoms with Gasteiger partial charge in [0.25, 0.3) is 0 Å². The van der Waals surface area contributed by atoms with Crippen molar-refractivity contribution in [3.63, 3.8) is 0 Å². The first kappa shape index (κ1) is 26.1. The number of carbonyl (C=O) groups is 1. The second kappa shape index (κ2) is 11.1. The predicted molar refractivity (Wildman–Crippen MR) is 148 cm³/mol. The SMILES string of the molecule is COc1ccc(OC)c(C2C(C#N)=C(N)N(c3nnc(SCc4ccccc4Cl)s3)C3=C2C(=O)CCC3)c1. The van der Waals surface area contributed by atoms with E-state index in [-0.39, 0.29) is 17.2 Å². The molecule has 0 bridgehead atoms. The van der Waals surface area contributed by atoms with Crippen molar-refractivity contribution in [1.29, 1.82) is 5.26 Å². The molecule has 2 heterocycles. The number of ketones is 1. The number of thioether (sulfide) groups is 1. The van der Waals surface area contributed by atoms with Crippen LogP contribution in [0.4, 0.5) is 5.13 Å². The van der Waals surface area contributed by atoms with Crippen LogP contribution < -0.4 is 20.1 Å². The monoisotopic (exact) mass is 565 g/mol. The summed E-state index contributed by atoms with van der Waals surface area (Å²) in [6.07, 6.45) is 1.69. The molecule has 3 aromatic rings. The van der Waals surface area contributed by atoms with Crippen molar-refractivity contribution in [2.24, 2.45) is 5.73 Å². The number of benzene rings is 2. The van der Waals surface area contributed by atoms with Crippen LogP contribution in [0.15, 0.2) is 69.5 Å². The maximum Gasteiger partial charge on any atom is 0.219 e. The smallest absolute Gasteiger partial charge is 0.219 e. The van der Waals surface area contributed by atoms with Gasteiger partial charge in [-0.2, -0.15) is 5.26 Å². The Morgan fingerprint density at radius 2 is 2.03 bits per heavy atom. The van der Waals surface area contributed by atoms with Gasteiger partial charge in [0.05, 0.1) is 31.8 Å². The molecule has 11 heteroatoms. The number of methoxy groups -OCH3 is 2. The number of halogens is 1. The molecule has 1 aromatic heterocycles. The van der Waals surface area contributed by atoms with Crippen molar-refractivity contribution in [2.45, 2.75) is 35.3 Å². The zero-order valence-electron chi connectivity index (χ0n) is 20.7. The van der Waals surface area contributed by atoms with E-state index in [9.17, 15) is 10.1 Å². The highest BCUT2D eigenvalue weighted by molar-refractivity contribution is 8.00. The Labute approximate surface area is 233 Å². The molecule has 2 aromatic carbocycles. The van der Waals surface area contributed by atoms with Crippen molar-refractivity contribution in [2.75, 3.05) is 19.1 Å². The van der Waals surface area contributed by atoms with Crippen molar-refractivity contribution in [1.82, 2.24) is 10.2 Å². The standard InChI is InChI=1S/C27H24ClN5O3S2/c1-35-16-10-11-22(36-2)17(12-16)23-18(13-29)25(30)33(20-8-5-9-21(34)24(20)23)26-31-32-27(38-26)37-14-15-6-3-4-7-19(15)28/h3-4,6-7,10-12,23H,5,8-9,14,30H2,1-2H3. The van der Waals surface area contributed by atoms with Crippen molar-refractivity contribution < 1.29 is 14.3 Å². The van der Waals surface area contributed by atoms with E-state index in [0.717, 1.165) is 15.6 Å². The number of nitrogens with two attached hydrogens (primary N) is 1. The molecule has 0 spiro atoms. The van der Waals surface area contributed by atoms with Gasteiger partial charge < -0.3 is 15.2 Å². The number of nitrogens with zero attached hydrogens (tertiary/aromatic N) is 4. The first-order valence-corrected chi connectivity index (χ1v) is 14.0. The Bertz CT molecular complexity index is 1510. The van der Waals surface area contributed by atoms with Gasteiger partial charge in [-0.05, 0) is 42.7 Å². The van der Waals surface area contributed by atoms with Gasteiger partial charge in [0.1, 0.15) is 17.3 Å². The first-order chi connectivity index (χ1) is 18.5. The molecule has 1 atom stereocenters. The summed E-state index contributed by atoms with van der Waals surface area (Å²) < 4.78 is 11.8. The highest BCUT2D eigenvalue weighted by atomic mass is 35.5. The summed E-state index contributed by atoms with van der Waals surface area (Å²) >= 11 is 9.17. The number of hydrogen-bond donors (Lipinski definition) is 1. The maximum absolute atomic E-state index is 13.4. The number of aromatic nitrogens is 2. The lowest BCUT2D eigenvalue weighted by Gasteiger charge is -2.38. The van der Waals surface area contributed by atoms with Crippen LogP contribution in [0, 0.1) is 11.3 Å². The normalized spacial score (nSPS) is 17.4. The minimum Gasteiger partial charge on any atom is -0.497 e. The third-order valence-corrected chi connectivity index (χ3v) is 9.02. The molecule has 0 radical (unpaired) electrons. The zero-order valence-corrected chi connectivity index (χ0v) is 23.1. The van der Waals surface area contributed by atoms with Gasteiger partial charge in [-0.25, -0.2) is 0 Å². The minimum absolute atomic E-state index is 0.0239. The largest absolute Gasteiger partial charge is 0.497 e. The van der Waals surface area contributed by atoms with E-state index in [0.29, 0.717) is 57.8 Å². The lowest BCUT2D eigenvalue weighted by atomic mass is 9.75. The highest BCUT2D eigenvalue weighted by Crippen LogP contribution is 2.49. The number of allylic oxidation sites excluding steroid dienone is 3. The number of hydrogen-bond acceptors (Lipinski definition) is 10. The quantitative estimate of drug-likeness (QED) is 0.354. The molecule has 1 unspecified atom stereocenters. The van der Waals surface area contributed by atoms with Crippen LogP contribution in [0.1, 0.15) is 36.3 Å². The topological polar surface area (TPSA) is 114 Å². The molecule has 194 valence electrons. The summed E-state index contributed by atoms with van der Waals surface area (Å²) in [6, 6.07) is 15.3. The van der Waals surface area contributed by atoms with E-state index in [1.165, 1.54) is 23.1 Å². The minimum atomic E-state index is -0.675. The molecule has 2 aliphatic rings. The van der Waals surface area contributed by atoms with Gasteiger partial charge in [0, 0.05) is 34.0 Å². The fourth-order valence-corrected chi connectivity index (χ4v) is 6.95. The molecule has 0 saturated heterocycles. The van der Waals surface area contributed by atoms with Gasteiger partial charge in [-0.15, -0.1) is 10.2 Å². The number of carbonyl (C=O) groups excluding carboxylic acids is 1. The summed E-state index contributed by atoms with van der Waals surface area (Å²) in [7, 11) is 3.12. The number of rotatable bonds is 7. The summed E-state index contributed by atoms with van der Waals surface area (Å²) in [4.78, 5) is 15.2. The van der Waals surface area contributed by atoms with E-state index in [2.05, 4.69) is 16.3 Å². The average Bonchev–Trinajstić information content (AvgIpc) is 3.40. The molecule has 2 N–H and O–H groups in total. The second-order valence-electron chi connectivity index (χ2n) is 8.65. The van der Waals surface area contributed by atoms with Crippen LogP contribution in [0.5, 0.6) is 11.5 Å². The lowest BCUT2D eigenvalue weighted by Crippen LogP contribution is -2.38. The molecule has 0 amide bonds. The number of ether oxygens (including phenoxy) is 2. The van der Waals surface area contributed by atoms with E-state index in [1.807, 2.05) is 24.3 Å². The van der Waals surface area contributed by atoms with Crippen LogP contribution in [-0.4, -0.2) is 30.2 Å². The zero-order chi connectivity index (χ0) is 26.8. The Morgan fingerprint density at radius 3 is 2.76 bits per heavy atom. The summed E-state index contributed by atoms with van der Waals surface area (Å²) in [5.41, 5.74) is 9.87. The summed E-state index contributed by atoms with van der Waals surface area (Å²) in [5, 5.41) is 20.2. The molecule has 0 saturated carbocycles. The number of anilines is 1. The Balaban J connectivity index is 1.57. The van der Waals surface area contributed by atoms with Gasteiger partial charge in [0.2, 0.25) is 5.13 Å². The number of Topliss-reactive ketones (excluding diaryl/α,β-unsaturated/α-hetero) is 1. The first-order valence-electron chi connectivity index (χ1n) is 11.8. The molecular weight excluding hydrogens is 542 g/mol. The van der Waals surface area contributed by atoms with Crippen LogP contribution >= 0.6 is 34.7 Å². The molecule has 5 rings (SSSR count). The predicted octanol–water partition coefficient (Wildman–Crippen LogP) is 5.81. The van der Waals surface area contributed by atoms with E-state index >= 15 is 0 Å². The fraction of sp³-hybridized carbons (Fsp3) is 0.259. The molecule has 8 nitrogen and oxygen atoms in total.